The quantitative estimate of drug-likeness (QED) is 0.695. The Balaban J connectivity index is 2.59. The molecule has 126 valence electrons. The van der Waals surface area contributed by atoms with Crippen molar-refractivity contribution in [2.75, 3.05) is 0 Å². The van der Waals surface area contributed by atoms with Crippen molar-refractivity contribution in [3.05, 3.63) is 33.8 Å². The number of carboxylic acid groups (broad SMARTS) is 1. The van der Waals surface area contributed by atoms with Crippen molar-refractivity contribution >= 4 is 41.0 Å². The second-order valence-electron chi connectivity index (χ2n) is 5.14. The molecule has 0 aromatic heterocycles. The third-order valence-electron chi connectivity index (χ3n) is 3.12. The number of nitrogens with one attached hydrogen (secondary N) is 2. The van der Waals surface area contributed by atoms with Crippen molar-refractivity contribution in [2.24, 2.45) is 0 Å². The fourth-order valence-electron chi connectivity index (χ4n) is 1.80. The molecule has 0 radical (unpaired) electrons. The first-order valence-electron chi connectivity index (χ1n) is 6.99. The highest BCUT2D eigenvalue weighted by Gasteiger charge is 2.20. The van der Waals surface area contributed by atoms with Gasteiger partial charge in [0.2, 0.25) is 5.91 Å². The van der Waals surface area contributed by atoms with Crippen LogP contribution < -0.4 is 10.6 Å². The van der Waals surface area contributed by atoms with Gasteiger partial charge in [-0.15, -0.1) is 0 Å². The Morgan fingerprint density at radius 1 is 1.17 bits per heavy atom. The van der Waals surface area contributed by atoms with E-state index in [9.17, 15) is 14.4 Å². The number of aliphatic carboxylic acids is 1. The molecule has 8 heteroatoms. The van der Waals surface area contributed by atoms with Gasteiger partial charge in [-0.3, -0.25) is 14.4 Å². The molecular weight excluding hydrogens is 343 g/mol. The maximum atomic E-state index is 12.1. The van der Waals surface area contributed by atoms with Crippen LogP contribution >= 0.6 is 23.2 Å². The molecule has 0 aliphatic carbocycles. The summed E-state index contributed by atoms with van der Waals surface area (Å²) >= 11 is 11.8. The average Bonchev–Trinajstić information content (AvgIpc) is 2.47. The first-order valence-corrected chi connectivity index (χ1v) is 7.75. The minimum absolute atomic E-state index is 0.0414. The van der Waals surface area contributed by atoms with Crippen LogP contribution in [0.1, 0.15) is 37.0 Å². The Bertz CT molecular complexity index is 607. The number of carbonyl (C=O) groups excluding carboxylic acids is 2. The number of hydrogen-bond acceptors (Lipinski definition) is 3. The van der Waals surface area contributed by atoms with E-state index in [2.05, 4.69) is 10.6 Å². The average molecular weight is 361 g/mol. The van der Waals surface area contributed by atoms with Crippen LogP contribution in [0.2, 0.25) is 10.0 Å². The van der Waals surface area contributed by atoms with E-state index in [4.69, 9.17) is 28.3 Å². The number of rotatable bonds is 7. The molecular formula is C15H18Cl2N2O4. The lowest BCUT2D eigenvalue weighted by molar-refractivity contribution is -0.137. The monoisotopic (exact) mass is 360 g/mol. The van der Waals surface area contributed by atoms with E-state index in [-0.39, 0.29) is 28.1 Å². The van der Waals surface area contributed by atoms with Gasteiger partial charge in [0.05, 0.1) is 15.6 Å². The molecule has 0 aliphatic heterocycles. The number of halogens is 2. The zero-order chi connectivity index (χ0) is 17.6. The molecule has 0 bridgehead atoms. The molecule has 1 aromatic carbocycles. The summed E-state index contributed by atoms with van der Waals surface area (Å²) in [4.78, 5) is 34.6. The highest BCUT2D eigenvalue weighted by atomic mass is 35.5. The Hall–Kier alpha value is -1.79. The van der Waals surface area contributed by atoms with Crippen molar-refractivity contribution in [3.8, 4) is 0 Å². The Morgan fingerprint density at radius 3 is 2.43 bits per heavy atom. The zero-order valence-corrected chi connectivity index (χ0v) is 14.2. The predicted octanol–water partition coefficient (Wildman–Crippen LogP) is 2.48. The molecule has 0 saturated carbocycles. The third kappa shape index (κ3) is 6.08. The van der Waals surface area contributed by atoms with Crippen LogP contribution in [0.3, 0.4) is 0 Å². The fraction of sp³-hybridized carbons (Fsp3) is 0.400. The molecule has 0 aliphatic rings. The molecule has 2 unspecified atom stereocenters. The lowest BCUT2D eigenvalue weighted by Crippen LogP contribution is -2.47. The fourth-order valence-corrected chi connectivity index (χ4v) is 2.19. The summed E-state index contributed by atoms with van der Waals surface area (Å²) in [5.74, 6) is -1.85. The molecule has 0 saturated heterocycles. The van der Waals surface area contributed by atoms with E-state index in [0.29, 0.717) is 6.42 Å². The normalized spacial score (nSPS) is 13.0. The molecule has 2 atom stereocenters. The highest BCUT2D eigenvalue weighted by Crippen LogP contribution is 2.25. The number of benzene rings is 1. The number of hydrogen-bond donors (Lipinski definition) is 3. The number of amides is 2. The van der Waals surface area contributed by atoms with Gasteiger partial charge in [-0.25, -0.2) is 0 Å². The van der Waals surface area contributed by atoms with Gasteiger partial charge in [-0.2, -0.15) is 0 Å². The molecule has 6 nitrogen and oxygen atoms in total. The van der Waals surface area contributed by atoms with Crippen LogP contribution in [0.15, 0.2) is 18.2 Å². The van der Waals surface area contributed by atoms with Crippen molar-refractivity contribution in [3.63, 3.8) is 0 Å². The summed E-state index contributed by atoms with van der Waals surface area (Å²) in [5.41, 5.74) is 0.178. The van der Waals surface area contributed by atoms with Gasteiger partial charge in [0.15, 0.2) is 0 Å². The molecule has 0 heterocycles. The van der Waals surface area contributed by atoms with Gasteiger partial charge in [0, 0.05) is 12.5 Å². The molecule has 3 N–H and O–H groups in total. The van der Waals surface area contributed by atoms with Crippen LogP contribution in [-0.4, -0.2) is 35.0 Å². The molecule has 0 fully saturated rings. The minimum atomic E-state index is -0.928. The van der Waals surface area contributed by atoms with Gasteiger partial charge < -0.3 is 15.7 Å². The largest absolute Gasteiger partial charge is 0.481 e. The summed E-state index contributed by atoms with van der Waals surface area (Å²) in [6.07, 6.45) is 0.266. The van der Waals surface area contributed by atoms with Crippen LogP contribution in [0.5, 0.6) is 0 Å². The lowest BCUT2D eigenvalue weighted by Gasteiger charge is -2.18. The minimum Gasteiger partial charge on any atom is -0.481 e. The van der Waals surface area contributed by atoms with Gasteiger partial charge >= 0.3 is 5.97 Å². The SMILES string of the molecule is CC(CCC(=O)O)NC(=O)C(C)NC(=O)c1cccc(Cl)c1Cl. The first kappa shape index (κ1) is 19.3. The van der Waals surface area contributed by atoms with Crippen molar-refractivity contribution in [1.82, 2.24) is 10.6 Å². The van der Waals surface area contributed by atoms with E-state index in [1.165, 1.54) is 13.0 Å². The topological polar surface area (TPSA) is 95.5 Å². The smallest absolute Gasteiger partial charge is 0.303 e. The third-order valence-corrected chi connectivity index (χ3v) is 3.94. The second-order valence-corrected chi connectivity index (χ2v) is 5.92. The van der Waals surface area contributed by atoms with Crippen LogP contribution in [0, 0.1) is 0 Å². The Labute approximate surface area is 144 Å². The van der Waals surface area contributed by atoms with E-state index in [0.717, 1.165) is 0 Å². The van der Waals surface area contributed by atoms with Crippen LogP contribution in [0.4, 0.5) is 0 Å². The summed E-state index contributed by atoms with van der Waals surface area (Å²) in [5, 5.41) is 14.1. The molecule has 1 aromatic rings. The van der Waals surface area contributed by atoms with E-state index < -0.39 is 23.8 Å². The summed E-state index contributed by atoms with van der Waals surface area (Å²) in [7, 11) is 0. The van der Waals surface area contributed by atoms with E-state index >= 15 is 0 Å². The lowest BCUT2D eigenvalue weighted by atomic mass is 10.1. The second kappa shape index (κ2) is 8.74. The Kier molecular flexibility index (Phi) is 7.32. The standard InChI is InChI=1S/C15H18Cl2N2O4/c1-8(6-7-12(20)21)18-14(22)9(2)19-15(23)10-4-3-5-11(16)13(10)17/h3-5,8-9H,6-7H2,1-2H3,(H,18,22)(H,19,23)(H,20,21). The summed E-state index contributed by atoms with van der Waals surface area (Å²) in [6, 6.07) is 3.53. The highest BCUT2D eigenvalue weighted by molar-refractivity contribution is 6.43. The maximum Gasteiger partial charge on any atom is 0.303 e. The molecule has 23 heavy (non-hydrogen) atoms. The van der Waals surface area contributed by atoms with Crippen molar-refractivity contribution < 1.29 is 19.5 Å². The molecule has 1 rings (SSSR count). The predicted molar refractivity (Wildman–Crippen MR) is 87.9 cm³/mol. The number of carbonyl (C=O) groups is 3. The van der Waals surface area contributed by atoms with E-state index in [1.54, 1.807) is 19.1 Å². The van der Waals surface area contributed by atoms with Crippen molar-refractivity contribution in [1.29, 1.82) is 0 Å². The maximum absolute atomic E-state index is 12.1. The first-order chi connectivity index (χ1) is 10.7. The number of carboxylic acids is 1. The zero-order valence-electron chi connectivity index (χ0n) is 12.7. The summed E-state index contributed by atoms with van der Waals surface area (Å²) < 4.78 is 0. The molecule has 0 spiro atoms. The molecule has 2 amide bonds. The van der Waals surface area contributed by atoms with Crippen LogP contribution in [-0.2, 0) is 9.59 Å². The van der Waals surface area contributed by atoms with E-state index in [1.807, 2.05) is 0 Å². The van der Waals surface area contributed by atoms with Gasteiger partial charge in [-0.1, -0.05) is 29.3 Å². The van der Waals surface area contributed by atoms with Crippen LogP contribution in [0.25, 0.3) is 0 Å². The van der Waals surface area contributed by atoms with Gasteiger partial charge in [0.1, 0.15) is 6.04 Å². The van der Waals surface area contributed by atoms with Gasteiger partial charge in [-0.05, 0) is 32.4 Å². The van der Waals surface area contributed by atoms with Gasteiger partial charge in [0.25, 0.3) is 5.91 Å². The summed E-state index contributed by atoms with van der Waals surface area (Å²) in [6.45, 7) is 3.22. The Morgan fingerprint density at radius 2 is 1.83 bits per heavy atom. The van der Waals surface area contributed by atoms with Crippen molar-refractivity contribution in [2.45, 2.75) is 38.8 Å².